The number of esters is 1. The Morgan fingerprint density at radius 2 is 2.12 bits per heavy atom. The smallest absolute Gasteiger partial charge is 0.339 e. The molecule has 0 aromatic carbocycles. The van der Waals surface area contributed by atoms with Crippen LogP contribution in [0.1, 0.15) is 36.3 Å². The summed E-state index contributed by atoms with van der Waals surface area (Å²) in [4.78, 5) is 15.9. The standard InChI is InChI=1S/C12H17NO3S/c1-4-6-10-9(12(14)16-5-2)7-8-11(13-10)17(3)15/h7-8H,4-6H2,1-3H3. The average molecular weight is 255 g/mol. The van der Waals surface area contributed by atoms with Crippen LogP contribution >= 0.6 is 0 Å². The van der Waals surface area contributed by atoms with Crippen molar-refractivity contribution >= 4 is 16.8 Å². The van der Waals surface area contributed by atoms with Gasteiger partial charge in [0, 0.05) is 6.26 Å². The van der Waals surface area contributed by atoms with Crippen LogP contribution in [0.2, 0.25) is 0 Å². The molecule has 0 aliphatic carbocycles. The fraction of sp³-hybridized carbons (Fsp3) is 0.500. The Kier molecular flexibility index (Phi) is 5.28. The largest absolute Gasteiger partial charge is 0.462 e. The molecule has 1 aromatic heterocycles. The summed E-state index contributed by atoms with van der Waals surface area (Å²) >= 11 is 0. The van der Waals surface area contributed by atoms with E-state index < -0.39 is 10.8 Å². The van der Waals surface area contributed by atoms with Gasteiger partial charge in [0.2, 0.25) is 0 Å². The van der Waals surface area contributed by atoms with Crippen molar-refractivity contribution < 1.29 is 13.7 Å². The van der Waals surface area contributed by atoms with E-state index in [4.69, 9.17) is 4.74 Å². The van der Waals surface area contributed by atoms with Crippen LogP contribution in [-0.2, 0) is 22.0 Å². The highest BCUT2D eigenvalue weighted by atomic mass is 32.2. The Morgan fingerprint density at radius 1 is 1.41 bits per heavy atom. The van der Waals surface area contributed by atoms with Crippen molar-refractivity contribution in [3.63, 3.8) is 0 Å². The van der Waals surface area contributed by atoms with E-state index in [-0.39, 0.29) is 5.97 Å². The Morgan fingerprint density at radius 3 is 2.65 bits per heavy atom. The summed E-state index contributed by atoms with van der Waals surface area (Å²) in [6.45, 7) is 4.11. The van der Waals surface area contributed by atoms with Crippen LogP contribution < -0.4 is 0 Å². The second-order valence-corrected chi connectivity index (χ2v) is 4.89. The second-order valence-electron chi connectivity index (χ2n) is 3.57. The molecule has 1 rings (SSSR count). The molecular weight excluding hydrogens is 238 g/mol. The molecule has 0 aliphatic heterocycles. The van der Waals surface area contributed by atoms with Gasteiger partial charge in [0.25, 0.3) is 0 Å². The van der Waals surface area contributed by atoms with E-state index in [1.807, 2.05) is 6.92 Å². The maximum Gasteiger partial charge on any atom is 0.339 e. The zero-order valence-corrected chi connectivity index (χ0v) is 11.2. The first-order valence-electron chi connectivity index (χ1n) is 5.60. The third-order valence-electron chi connectivity index (χ3n) is 2.23. The van der Waals surface area contributed by atoms with Crippen molar-refractivity contribution in [3.8, 4) is 0 Å². The number of aromatic nitrogens is 1. The molecule has 1 unspecified atom stereocenters. The van der Waals surface area contributed by atoms with Gasteiger partial charge in [-0.05, 0) is 25.5 Å². The number of carbonyl (C=O) groups is 1. The highest BCUT2D eigenvalue weighted by Crippen LogP contribution is 2.13. The van der Waals surface area contributed by atoms with Gasteiger partial charge in [-0.25, -0.2) is 9.78 Å². The molecule has 0 bridgehead atoms. The van der Waals surface area contributed by atoms with Crippen LogP contribution in [0.5, 0.6) is 0 Å². The van der Waals surface area contributed by atoms with E-state index >= 15 is 0 Å². The van der Waals surface area contributed by atoms with Crippen LogP contribution in [0.3, 0.4) is 0 Å². The predicted molar refractivity (Wildman–Crippen MR) is 66.5 cm³/mol. The second kappa shape index (κ2) is 6.49. The average Bonchev–Trinajstić information content (AvgIpc) is 2.29. The first-order valence-corrected chi connectivity index (χ1v) is 7.16. The lowest BCUT2D eigenvalue weighted by Gasteiger charge is -2.08. The van der Waals surface area contributed by atoms with Gasteiger partial charge in [0.15, 0.2) is 0 Å². The van der Waals surface area contributed by atoms with Crippen molar-refractivity contribution in [2.24, 2.45) is 0 Å². The van der Waals surface area contributed by atoms with Crippen molar-refractivity contribution in [1.82, 2.24) is 4.98 Å². The quantitative estimate of drug-likeness (QED) is 0.755. The Balaban J connectivity index is 3.12. The third kappa shape index (κ3) is 3.63. The van der Waals surface area contributed by atoms with Gasteiger partial charge in [-0.2, -0.15) is 0 Å². The van der Waals surface area contributed by atoms with Gasteiger partial charge in [0.1, 0.15) is 5.03 Å². The van der Waals surface area contributed by atoms with E-state index in [0.717, 1.165) is 6.42 Å². The minimum atomic E-state index is -1.13. The lowest BCUT2D eigenvalue weighted by atomic mass is 10.1. The van der Waals surface area contributed by atoms with E-state index in [1.54, 1.807) is 25.3 Å². The summed E-state index contributed by atoms with van der Waals surface area (Å²) in [6, 6.07) is 3.26. The summed E-state index contributed by atoms with van der Waals surface area (Å²) < 4.78 is 16.3. The summed E-state index contributed by atoms with van der Waals surface area (Å²) in [6.07, 6.45) is 3.13. The molecule has 1 aromatic rings. The Hall–Kier alpha value is -1.23. The number of hydrogen-bond donors (Lipinski definition) is 0. The normalized spacial score (nSPS) is 12.2. The van der Waals surface area contributed by atoms with Crippen LogP contribution in [0.25, 0.3) is 0 Å². The number of pyridine rings is 1. The fourth-order valence-corrected chi connectivity index (χ4v) is 1.96. The van der Waals surface area contributed by atoms with Crippen molar-refractivity contribution in [2.75, 3.05) is 12.9 Å². The molecule has 1 atom stereocenters. The number of nitrogens with zero attached hydrogens (tertiary/aromatic N) is 1. The lowest BCUT2D eigenvalue weighted by molar-refractivity contribution is 0.0524. The molecule has 0 saturated carbocycles. The van der Waals surface area contributed by atoms with Gasteiger partial charge in [-0.3, -0.25) is 4.21 Å². The summed E-state index contributed by atoms with van der Waals surface area (Å²) in [5.74, 6) is -0.364. The maximum atomic E-state index is 11.7. The predicted octanol–water partition coefficient (Wildman–Crippen LogP) is 1.95. The number of rotatable bonds is 5. The molecule has 0 aliphatic rings. The zero-order valence-electron chi connectivity index (χ0n) is 10.4. The van der Waals surface area contributed by atoms with Crippen LogP contribution in [0.15, 0.2) is 17.2 Å². The molecule has 0 spiro atoms. The van der Waals surface area contributed by atoms with Crippen LogP contribution in [0.4, 0.5) is 0 Å². The third-order valence-corrected chi connectivity index (χ3v) is 3.04. The zero-order chi connectivity index (χ0) is 12.8. The Bertz CT molecular complexity index is 432. The lowest BCUT2D eigenvalue weighted by Crippen LogP contribution is -2.11. The van der Waals surface area contributed by atoms with Crippen molar-refractivity contribution in [3.05, 3.63) is 23.4 Å². The molecule has 17 heavy (non-hydrogen) atoms. The summed E-state index contributed by atoms with van der Waals surface area (Å²) in [5, 5.41) is 0.501. The van der Waals surface area contributed by atoms with E-state index in [1.165, 1.54) is 0 Å². The molecule has 5 heteroatoms. The molecule has 94 valence electrons. The van der Waals surface area contributed by atoms with E-state index in [2.05, 4.69) is 4.98 Å². The van der Waals surface area contributed by atoms with E-state index in [9.17, 15) is 9.00 Å². The van der Waals surface area contributed by atoms with E-state index in [0.29, 0.717) is 29.3 Å². The van der Waals surface area contributed by atoms with Gasteiger partial charge in [-0.15, -0.1) is 0 Å². The SMILES string of the molecule is CCCc1nc(S(C)=O)ccc1C(=O)OCC. The molecule has 0 saturated heterocycles. The number of ether oxygens (including phenoxy) is 1. The number of carbonyl (C=O) groups excluding carboxylic acids is 1. The molecule has 1 heterocycles. The highest BCUT2D eigenvalue weighted by molar-refractivity contribution is 7.84. The monoisotopic (exact) mass is 255 g/mol. The molecule has 0 radical (unpaired) electrons. The topological polar surface area (TPSA) is 56.3 Å². The minimum Gasteiger partial charge on any atom is -0.462 e. The first kappa shape index (κ1) is 13.8. The maximum absolute atomic E-state index is 11.7. The van der Waals surface area contributed by atoms with Crippen LogP contribution in [-0.4, -0.2) is 28.0 Å². The fourth-order valence-electron chi connectivity index (χ4n) is 1.46. The van der Waals surface area contributed by atoms with Gasteiger partial charge < -0.3 is 4.74 Å². The molecule has 4 nitrogen and oxygen atoms in total. The molecule has 0 amide bonds. The highest BCUT2D eigenvalue weighted by Gasteiger charge is 2.14. The summed E-state index contributed by atoms with van der Waals surface area (Å²) in [7, 11) is -1.13. The summed E-state index contributed by atoms with van der Waals surface area (Å²) in [5.41, 5.74) is 1.14. The molecule has 0 N–H and O–H groups in total. The van der Waals surface area contributed by atoms with Gasteiger partial charge in [0.05, 0.1) is 28.7 Å². The minimum absolute atomic E-state index is 0.339. The number of hydrogen-bond acceptors (Lipinski definition) is 4. The van der Waals surface area contributed by atoms with Gasteiger partial charge in [-0.1, -0.05) is 13.3 Å². The first-order chi connectivity index (χ1) is 8.10. The molecular formula is C12H17NO3S. The van der Waals surface area contributed by atoms with Crippen molar-refractivity contribution in [1.29, 1.82) is 0 Å². The van der Waals surface area contributed by atoms with Gasteiger partial charge >= 0.3 is 5.97 Å². The number of aryl methyl sites for hydroxylation is 1. The van der Waals surface area contributed by atoms with Crippen LogP contribution in [0, 0.1) is 0 Å². The molecule has 0 fully saturated rings. The Labute approximate surface area is 104 Å². The van der Waals surface area contributed by atoms with Crippen molar-refractivity contribution in [2.45, 2.75) is 31.7 Å².